The van der Waals surface area contributed by atoms with Crippen molar-refractivity contribution in [3.8, 4) is 5.40 Å². The summed E-state index contributed by atoms with van der Waals surface area (Å²) < 4.78 is 29.5. The lowest BCUT2D eigenvalue weighted by atomic mass is 10.00. The Morgan fingerprint density at radius 1 is 0.950 bits per heavy atom. The average Bonchev–Trinajstić information content (AvgIpc) is 2.80. The van der Waals surface area contributed by atoms with Crippen LogP contribution in [0.4, 0.5) is 0 Å². The Morgan fingerprint density at radius 2 is 1.55 bits per heavy atom. The highest BCUT2D eigenvalue weighted by molar-refractivity contribution is 8.03. The maximum absolute atomic E-state index is 8.74. The van der Waals surface area contributed by atoms with Crippen LogP contribution in [0.25, 0.3) is 0 Å². The van der Waals surface area contributed by atoms with Crippen LogP contribution in [0.3, 0.4) is 0 Å². The summed E-state index contributed by atoms with van der Waals surface area (Å²) in [5.74, 6) is -0.864. The minimum Gasteiger partial charge on any atom is -0.343 e. The van der Waals surface area contributed by atoms with E-state index in [0.717, 1.165) is 11.8 Å². The van der Waals surface area contributed by atoms with Gasteiger partial charge in [-0.3, -0.25) is 0 Å². The van der Waals surface area contributed by atoms with Crippen LogP contribution in [0.2, 0.25) is 0 Å². The molecule has 0 aromatic rings. The third-order valence-corrected chi connectivity index (χ3v) is 4.19. The molecule has 0 aromatic heterocycles. The van der Waals surface area contributed by atoms with Crippen LogP contribution < -0.4 is 0 Å². The quantitative estimate of drug-likeness (QED) is 0.717. The van der Waals surface area contributed by atoms with E-state index >= 15 is 0 Å². The van der Waals surface area contributed by atoms with Gasteiger partial charge in [-0.15, -0.1) is 0 Å². The molecule has 6 nitrogen and oxygen atoms in total. The number of fused-ring (bicyclic) bond motifs is 3. The van der Waals surface area contributed by atoms with E-state index in [1.165, 1.54) is 0 Å². The molecule has 3 heterocycles. The summed E-state index contributed by atoms with van der Waals surface area (Å²) in [4.78, 5) is 0. The molecule has 0 bridgehead atoms. The number of rotatable bonds is 2. The second-order valence-corrected chi connectivity index (χ2v) is 6.91. The zero-order chi connectivity index (χ0) is 14.5. The van der Waals surface area contributed by atoms with Crippen molar-refractivity contribution in [2.45, 2.75) is 70.0 Å². The van der Waals surface area contributed by atoms with Gasteiger partial charge in [0.25, 0.3) is 0 Å². The summed E-state index contributed by atoms with van der Waals surface area (Å²) >= 11 is 1.15. The molecule has 3 fully saturated rings. The fourth-order valence-electron chi connectivity index (χ4n) is 2.95. The van der Waals surface area contributed by atoms with E-state index in [2.05, 4.69) is 5.40 Å². The normalized spacial score (nSPS) is 44.6. The fourth-order valence-corrected chi connectivity index (χ4v) is 3.45. The Balaban J connectivity index is 1.82. The van der Waals surface area contributed by atoms with E-state index in [0.29, 0.717) is 5.75 Å². The molecule has 0 radical (unpaired) electrons. The smallest absolute Gasteiger partial charge is 0.190 e. The number of thioether (sulfide) groups is 1. The van der Waals surface area contributed by atoms with Gasteiger partial charge in [-0.25, -0.2) is 0 Å². The molecule has 112 valence electrons. The topological polar surface area (TPSA) is 69.9 Å². The zero-order valence-corrected chi connectivity index (χ0v) is 12.8. The monoisotopic (exact) mass is 301 g/mol. The van der Waals surface area contributed by atoms with E-state index < -0.39 is 17.9 Å². The Morgan fingerprint density at radius 3 is 2.25 bits per heavy atom. The highest BCUT2D eigenvalue weighted by atomic mass is 32.2. The molecular formula is C13H19NO5S. The highest BCUT2D eigenvalue weighted by Gasteiger charge is 2.60. The molecular weight excluding hydrogens is 282 g/mol. The Kier molecular flexibility index (Phi) is 3.52. The lowest BCUT2D eigenvalue weighted by Crippen LogP contribution is -2.55. The standard InChI is InChI=1S/C13H19NO5S/c1-12(2)16-8-7(5-20-6-14)15-11-10(9(8)17-12)18-13(3,4)19-11/h7-11H,5H2,1-4H3/t7-,8+,9+,10-,11-/m1/s1. The third kappa shape index (κ3) is 2.56. The molecule has 3 aliphatic heterocycles. The molecule has 0 aliphatic carbocycles. The second-order valence-electron chi connectivity index (χ2n) is 6.11. The highest BCUT2D eigenvalue weighted by Crippen LogP contribution is 2.44. The van der Waals surface area contributed by atoms with Gasteiger partial charge in [0.15, 0.2) is 17.9 Å². The van der Waals surface area contributed by atoms with E-state index in [-0.39, 0.29) is 24.4 Å². The van der Waals surface area contributed by atoms with Crippen molar-refractivity contribution < 1.29 is 23.7 Å². The number of ether oxygens (including phenoxy) is 5. The molecule has 5 atom stereocenters. The Hall–Kier alpha value is -0.360. The van der Waals surface area contributed by atoms with Gasteiger partial charge in [0.2, 0.25) is 0 Å². The van der Waals surface area contributed by atoms with Gasteiger partial charge in [-0.2, -0.15) is 5.26 Å². The molecule has 3 rings (SSSR count). The van der Waals surface area contributed by atoms with Crippen LogP contribution in [0.5, 0.6) is 0 Å². The van der Waals surface area contributed by atoms with E-state index in [1.54, 1.807) is 0 Å². The third-order valence-electron chi connectivity index (χ3n) is 3.56. The van der Waals surface area contributed by atoms with Gasteiger partial charge in [0.1, 0.15) is 23.7 Å². The molecule has 0 amide bonds. The largest absolute Gasteiger partial charge is 0.343 e. The number of hydrogen-bond acceptors (Lipinski definition) is 7. The van der Waals surface area contributed by atoms with Crippen LogP contribution in [-0.4, -0.2) is 48.0 Å². The fraction of sp³-hybridized carbons (Fsp3) is 0.923. The van der Waals surface area contributed by atoms with Gasteiger partial charge in [-0.05, 0) is 39.5 Å². The summed E-state index contributed by atoms with van der Waals surface area (Å²) in [7, 11) is 0. The number of thiocyanates is 1. The summed E-state index contributed by atoms with van der Waals surface area (Å²) in [5.41, 5.74) is 0. The second kappa shape index (κ2) is 4.83. The lowest BCUT2D eigenvalue weighted by molar-refractivity contribution is -0.228. The first kappa shape index (κ1) is 14.6. The molecule has 20 heavy (non-hydrogen) atoms. The van der Waals surface area contributed by atoms with E-state index in [9.17, 15) is 0 Å². The Bertz CT molecular complexity index is 435. The molecule has 0 aromatic carbocycles. The average molecular weight is 301 g/mol. The summed E-state index contributed by atoms with van der Waals surface area (Å²) in [6.45, 7) is 7.44. The molecule has 3 saturated heterocycles. The molecule has 0 saturated carbocycles. The SMILES string of the molecule is CC1(C)O[C@H]2[C@@H](O1)[C@@H](CSC#N)O[C@@H]1OC(C)(C)O[C@@H]12. The van der Waals surface area contributed by atoms with Crippen LogP contribution in [0.15, 0.2) is 0 Å². The van der Waals surface area contributed by atoms with Gasteiger partial charge >= 0.3 is 0 Å². The van der Waals surface area contributed by atoms with Crippen molar-refractivity contribution in [1.82, 2.24) is 0 Å². The van der Waals surface area contributed by atoms with E-state index in [1.807, 2.05) is 27.7 Å². The molecule has 0 N–H and O–H groups in total. The molecule has 7 heteroatoms. The van der Waals surface area contributed by atoms with Crippen LogP contribution in [0.1, 0.15) is 27.7 Å². The molecule has 0 unspecified atom stereocenters. The van der Waals surface area contributed by atoms with Crippen LogP contribution >= 0.6 is 11.8 Å². The predicted octanol–water partition coefficient (Wildman–Crippen LogP) is 1.60. The maximum atomic E-state index is 8.74. The van der Waals surface area contributed by atoms with Crippen molar-refractivity contribution in [1.29, 1.82) is 5.26 Å². The number of hydrogen-bond donors (Lipinski definition) is 0. The lowest BCUT2D eigenvalue weighted by Gasteiger charge is -2.36. The molecule has 0 spiro atoms. The minimum atomic E-state index is -0.701. The predicted molar refractivity (Wildman–Crippen MR) is 70.6 cm³/mol. The van der Waals surface area contributed by atoms with Crippen LogP contribution in [0, 0.1) is 10.7 Å². The maximum Gasteiger partial charge on any atom is 0.190 e. The van der Waals surface area contributed by atoms with Crippen molar-refractivity contribution >= 4 is 11.8 Å². The van der Waals surface area contributed by atoms with Crippen molar-refractivity contribution in [3.05, 3.63) is 0 Å². The van der Waals surface area contributed by atoms with Crippen molar-refractivity contribution in [2.75, 3.05) is 5.75 Å². The van der Waals surface area contributed by atoms with Crippen molar-refractivity contribution in [2.24, 2.45) is 0 Å². The first-order valence-corrected chi connectivity index (χ1v) is 7.67. The first-order chi connectivity index (χ1) is 9.31. The van der Waals surface area contributed by atoms with Gasteiger partial charge in [0, 0.05) is 5.75 Å². The van der Waals surface area contributed by atoms with Crippen molar-refractivity contribution in [3.63, 3.8) is 0 Å². The van der Waals surface area contributed by atoms with Crippen LogP contribution in [-0.2, 0) is 23.7 Å². The summed E-state index contributed by atoms with van der Waals surface area (Å²) in [6, 6.07) is 0. The Labute approximate surface area is 122 Å². The number of nitriles is 1. The van der Waals surface area contributed by atoms with Gasteiger partial charge < -0.3 is 23.7 Å². The zero-order valence-electron chi connectivity index (χ0n) is 12.0. The summed E-state index contributed by atoms with van der Waals surface area (Å²) in [5, 5.41) is 10.8. The first-order valence-electron chi connectivity index (χ1n) is 6.69. The van der Waals surface area contributed by atoms with E-state index in [4.69, 9.17) is 28.9 Å². The molecule has 3 aliphatic rings. The number of nitrogens with zero attached hydrogens (tertiary/aromatic N) is 1. The summed E-state index contributed by atoms with van der Waals surface area (Å²) in [6.07, 6.45) is -1.52. The minimum absolute atomic E-state index is 0.241. The van der Waals surface area contributed by atoms with Gasteiger partial charge in [0.05, 0.1) is 6.10 Å². The van der Waals surface area contributed by atoms with Gasteiger partial charge in [-0.1, -0.05) is 0 Å².